The van der Waals surface area contributed by atoms with Gasteiger partial charge in [0.05, 0.1) is 15.6 Å². The van der Waals surface area contributed by atoms with E-state index in [1.165, 1.54) is 13.0 Å². The van der Waals surface area contributed by atoms with E-state index in [2.05, 4.69) is 4.72 Å². The van der Waals surface area contributed by atoms with Crippen LogP contribution in [0, 0.1) is 0 Å². The molecule has 1 aliphatic heterocycles. The molecule has 1 N–H and O–H groups in total. The number of para-hydroxylation sites is 1. The largest absolute Gasteiger partial charge is 0.312 e. The number of carbonyl (C=O) groups excluding carboxylic acids is 1. The summed E-state index contributed by atoms with van der Waals surface area (Å²) < 4.78 is 27.7. The zero-order chi connectivity index (χ0) is 17.3. The van der Waals surface area contributed by atoms with Gasteiger partial charge in [-0.15, -0.1) is 0 Å². The summed E-state index contributed by atoms with van der Waals surface area (Å²) in [5.41, 5.74) is 1.98. The predicted octanol–water partition coefficient (Wildman–Crippen LogP) is 3.44. The quantitative estimate of drug-likeness (QED) is 0.907. The van der Waals surface area contributed by atoms with Crippen LogP contribution in [0.3, 0.4) is 0 Å². The average molecular weight is 365 g/mol. The SMILES string of the molecule is CC(=O)N1CCCc2cc(S(=O)(=O)Nc3ccccc3Cl)ccc21. The van der Waals surface area contributed by atoms with Crippen molar-refractivity contribution in [1.29, 1.82) is 0 Å². The number of amides is 1. The van der Waals surface area contributed by atoms with Gasteiger partial charge in [-0.1, -0.05) is 23.7 Å². The van der Waals surface area contributed by atoms with Gasteiger partial charge in [0.15, 0.2) is 0 Å². The fourth-order valence-corrected chi connectivity index (χ4v) is 4.18. The minimum Gasteiger partial charge on any atom is -0.312 e. The van der Waals surface area contributed by atoms with Crippen LogP contribution in [-0.2, 0) is 21.2 Å². The van der Waals surface area contributed by atoms with Crippen molar-refractivity contribution < 1.29 is 13.2 Å². The Morgan fingerprint density at radius 2 is 1.96 bits per heavy atom. The normalized spacial score (nSPS) is 14.2. The Hall–Kier alpha value is -2.05. The first-order valence-corrected chi connectivity index (χ1v) is 9.43. The molecule has 2 aromatic carbocycles. The maximum Gasteiger partial charge on any atom is 0.261 e. The summed E-state index contributed by atoms with van der Waals surface area (Å²) >= 11 is 6.02. The van der Waals surface area contributed by atoms with E-state index < -0.39 is 10.0 Å². The highest BCUT2D eigenvalue weighted by molar-refractivity contribution is 7.92. The van der Waals surface area contributed by atoms with Crippen LogP contribution >= 0.6 is 11.6 Å². The van der Waals surface area contributed by atoms with E-state index >= 15 is 0 Å². The second-order valence-electron chi connectivity index (χ2n) is 5.65. The molecule has 0 bridgehead atoms. The topological polar surface area (TPSA) is 66.5 Å². The average Bonchev–Trinajstić information content (AvgIpc) is 2.55. The van der Waals surface area contributed by atoms with Crippen LogP contribution < -0.4 is 9.62 Å². The Kier molecular flexibility index (Phi) is 4.51. The highest BCUT2D eigenvalue weighted by atomic mass is 35.5. The molecule has 1 heterocycles. The summed E-state index contributed by atoms with van der Waals surface area (Å²) in [6.07, 6.45) is 1.56. The van der Waals surface area contributed by atoms with E-state index in [1.54, 1.807) is 41.3 Å². The van der Waals surface area contributed by atoms with E-state index in [0.29, 0.717) is 17.3 Å². The van der Waals surface area contributed by atoms with Crippen LogP contribution in [0.2, 0.25) is 5.02 Å². The fraction of sp³-hybridized carbons (Fsp3) is 0.235. The number of aryl methyl sites for hydroxylation is 1. The lowest BCUT2D eigenvalue weighted by atomic mass is 10.0. The van der Waals surface area contributed by atoms with E-state index in [-0.39, 0.29) is 10.8 Å². The smallest absolute Gasteiger partial charge is 0.261 e. The van der Waals surface area contributed by atoms with Gasteiger partial charge in [-0.2, -0.15) is 0 Å². The van der Waals surface area contributed by atoms with Gasteiger partial charge in [0.2, 0.25) is 5.91 Å². The lowest BCUT2D eigenvalue weighted by Gasteiger charge is -2.28. The first kappa shape index (κ1) is 16.8. The minimum atomic E-state index is -3.74. The predicted molar refractivity (Wildman–Crippen MR) is 95.1 cm³/mol. The molecule has 126 valence electrons. The molecule has 24 heavy (non-hydrogen) atoms. The van der Waals surface area contributed by atoms with Gasteiger partial charge in [-0.3, -0.25) is 9.52 Å². The molecule has 0 saturated heterocycles. The van der Waals surface area contributed by atoms with Crippen molar-refractivity contribution in [1.82, 2.24) is 0 Å². The van der Waals surface area contributed by atoms with Crippen molar-refractivity contribution in [2.24, 2.45) is 0 Å². The Bertz CT molecular complexity index is 896. The molecule has 0 unspecified atom stereocenters. The Labute approximate surface area is 146 Å². The van der Waals surface area contributed by atoms with Crippen molar-refractivity contribution in [3.8, 4) is 0 Å². The first-order valence-electron chi connectivity index (χ1n) is 7.57. The lowest BCUT2D eigenvalue weighted by Crippen LogP contribution is -2.33. The van der Waals surface area contributed by atoms with Gasteiger partial charge in [0, 0.05) is 19.2 Å². The van der Waals surface area contributed by atoms with Crippen molar-refractivity contribution >= 4 is 38.9 Å². The molecule has 7 heteroatoms. The molecular weight excluding hydrogens is 348 g/mol. The van der Waals surface area contributed by atoms with Gasteiger partial charge < -0.3 is 4.90 Å². The van der Waals surface area contributed by atoms with Crippen LogP contribution in [-0.4, -0.2) is 20.9 Å². The summed E-state index contributed by atoms with van der Waals surface area (Å²) in [5, 5.41) is 0.335. The van der Waals surface area contributed by atoms with E-state index in [0.717, 1.165) is 24.1 Å². The summed E-state index contributed by atoms with van der Waals surface area (Å²) in [6, 6.07) is 11.5. The monoisotopic (exact) mass is 364 g/mol. The molecule has 1 amide bonds. The van der Waals surface area contributed by atoms with Crippen molar-refractivity contribution in [3.05, 3.63) is 53.1 Å². The van der Waals surface area contributed by atoms with Crippen LogP contribution in [0.5, 0.6) is 0 Å². The standard InChI is InChI=1S/C17H17ClN2O3S/c1-12(21)20-10-4-5-13-11-14(8-9-17(13)20)24(22,23)19-16-7-3-2-6-15(16)18/h2-3,6-9,11,19H,4-5,10H2,1H3. The molecule has 1 aliphatic rings. The minimum absolute atomic E-state index is 0.0410. The fourth-order valence-electron chi connectivity index (χ4n) is 2.82. The second-order valence-corrected chi connectivity index (χ2v) is 7.74. The maximum absolute atomic E-state index is 12.6. The number of hydrogen-bond donors (Lipinski definition) is 1. The number of fused-ring (bicyclic) bond motifs is 1. The van der Waals surface area contributed by atoms with Crippen LogP contribution in [0.1, 0.15) is 18.9 Å². The summed E-state index contributed by atoms with van der Waals surface area (Å²) in [6.45, 7) is 2.17. The number of halogens is 1. The number of nitrogens with zero attached hydrogens (tertiary/aromatic N) is 1. The zero-order valence-electron chi connectivity index (χ0n) is 13.1. The van der Waals surface area contributed by atoms with Crippen molar-refractivity contribution in [3.63, 3.8) is 0 Å². The number of rotatable bonds is 3. The number of benzene rings is 2. The van der Waals surface area contributed by atoms with Crippen LogP contribution in [0.4, 0.5) is 11.4 Å². The number of nitrogens with one attached hydrogen (secondary N) is 1. The van der Waals surface area contributed by atoms with Crippen LogP contribution in [0.25, 0.3) is 0 Å². The first-order chi connectivity index (χ1) is 11.4. The molecule has 0 fully saturated rings. The number of carbonyl (C=O) groups is 1. The number of hydrogen-bond acceptors (Lipinski definition) is 3. The summed E-state index contributed by atoms with van der Waals surface area (Å²) in [5.74, 6) is -0.0410. The number of anilines is 2. The third-order valence-electron chi connectivity index (χ3n) is 3.98. The van der Waals surface area contributed by atoms with Gasteiger partial charge in [-0.25, -0.2) is 8.42 Å². The highest BCUT2D eigenvalue weighted by Gasteiger charge is 2.23. The molecule has 0 aromatic heterocycles. The Morgan fingerprint density at radius 1 is 1.21 bits per heavy atom. The molecule has 2 aromatic rings. The van der Waals surface area contributed by atoms with Gasteiger partial charge in [0.1, 0.15) is 0 Å². The van der Waals surface area contributed by atoms with Gasteiger partial charge >= 0.3 is 0 Å². The molecule has 0 saturated carbocycles. The molecule has 0 aliphatic carbocycles. The van der Waals surface area contributed by atoms with E-state index in [9.17, 15) is 13.2 Å². The summed E-state index contributed by atoms with van der Waals surface area (Å²) in [7, 11) is -3.74. The van der Waals surface area contributed by atoms with Gasteiger partial charge in [0.25, 0.3) is 10.0 Å². The van der Waals surface area contributed by atoms with Crippen LogP contribution in [0.15, 0.2) is 47.4 Å². The molecular formula is C17H17ClN2O3S. The van der Waals surface area contributed by atoms with E-state index in [4.69, 9.17) is 11.6 Å². The van der Waals surface area contributed by atoms with E-state index in [1.807, 2.05) is 0 Å². The maximum atomic E-state index is 12.6. The second kappa shape index (κ2) is 6.45. The third kappa shape index (κ3) is 3.25. The molecule has 0 spiro atoms. The number of sulfonamides is 1. The molecule has 5 nitrogen and oxygen atoms in total. The third-order valence-corrected chi connectivity index (χ3v) is 5.67. The zero-order valence-corrected chi connectivity index (χ0v) is 14.7. The molecule has 0 atom stereocenters. The molecule has 0 radical (unpaired) electrons. The van der Waals surface area contributed by atoms with Crippen molar-refractivity contribution in [2.75, 3.05) is 16.2 Å². The highest BCUT2D eigenvalue weighted by Crippen LogP contribution is 2.31. The molecule has 3 rings (SSSR count). The Balaban J connectivity index is 1.95. The lowest BCUT2D eigenvalue weighted by molar-refractivity contribution is -0.116. The van der Waals surface area contributed by atoms with Crippen molar-refractivity contribution in [2.45, 2.75) is 24.7 Å². The van der Waals surface area contributed by atoms with Gasteiger partial charge in [-0.05, 0) is 48.7 Å². The summed E-state index contributed by atoms with van der Waals surface area (Å²) in [4.78, 5) is 13.5. The Morgan fingerprint density at radius 3 is 2.67 bits per heavy atom.